The molecule has 0 radical (unpaired) electrons. The molecule has 1 rings (SSSR count). The Balaban J connectivity index is 0.00000169. The van der Waals surface area contributed by atoms with Crippen LogP contribution in [-0.4, -0.2) is 11.9 Å². The first-order valence-electron chi connectivity index (χ1n) is 4.36. The van der Waals surface area contributed by atoms with Crippen LogP contribution in [0.3, 0.4) is 0 Å². The van der Waals surface area contributed by atoms with E-state index in [-0.39, 0.29) is 19.3 Å². The zero-order valence-electron chi connectivity index (χ0n) is 7.99. The third-order valence-corrected chi connectivity index (χ3v) is 1.92. The molecule has 0 aliphatic rings. The fourth-order valence-electron chi connectivity index (χ4n) is 0.913. The summed E-state index contributed by atoms with van der Waals surface area (Å²) in [6, 6.07) is 9.83. The maximum absolute atomic E-state index is 10.8. The largest absolute Gasteiger partial charge is 0.366 e. The van der Waals surface area contributed by atoms with Crippen molar-refractivity contribution in [1.82, 2.24) is 0 Å². The van der Waals surface area contributed by atoms with Crippen LogP contribution in [0.2, 0.25) is 0 Å². The highest BCUT2D eigenvalue weighted by Crippen LogP contribution is 2.03. The molecule has 2 nitrogen and oxygen atoms in total. The first kappa shape index (κ1) is 12.8. The van der Waals surface area contributed by atoms with Crippen LogP contribution in [0.25, 0.3) is 0 Å². The van der Waals surface area contributed by atoms with Gasteiger partial charge in [0.05, 0.1) is 6.61 Å². The summed E-state index contributed by atoms with van der Waals surface area (Å²) < 4.78 is 5.34. The number of carbonyl (C=O) groups excluding carboxylic acids is 1. The number of rotatable bonds is 4. The lowest BCUT2D eigenvalue weighted by atomic mass is 10.2. The third-order valence-electron chi connectivity index (χ3n) is 1.92. The predicted octanol–water partition coefficient (Wildman–Crippen LogP) is 2.82. The van der Waals surface area contributed by atoms with Crippen molar-refractivity contribution in [2.45, 2.75) is 34.0 Å². The second kappa shape index (κ2) is 6.33. The third kappa shape index (κ3) is 4.19. The van der Waals surface area contributed by atoms with Crippen molar-refractivity contribution in [3.8, 4) is 0 Å². The summed E-state index contributed by atoms with van der Waals surface area (Å²) in [4.78, 5) is 10.8. The van der Waals surface area contributed by atoms with Crippen LogP contribution >= 0.6 is 0 Å². The molecule has 0 aliphatic heterocycles. The minimum atomic E-state index is -0.305. The van der Waals surface area contributed by atoms with Gasteiger partial charge in [0, 0.05) is 0 Å². The Hall–Kier alpha value is -1.15. The molecule has 0 heterocycles. The molecule has 14 heavy (non-hydrogen) atoms. The SMILES string of the molecule is C.CC(=O)[C@H](C)OCc1ccccc1. The summed E-state index contributed by atoms with van der Waals surface area (Å²) in [6.07, 6.45) is -0.305. The second-order valence-electron chi connectivity index (χ2n) is 3.05. The molecule has 0 saturated carbocycles. The van der Waals surface area contributed by atoms with Gasteiger partial charge < -0.3 is 4.74 Å². The van der Waals surface area contributed by atoms with E-state index in [0.717, 1.165) is 5.56 Å². The van der Waals surface area contributed by atoms with Crippen LogP contribution in [0, 0.1) is 0 Å². The molecule has 0 fully saturated rings. The molecule has 0 spiro atoms. The molecule has 1 aromatic carbocycles. The zero-order valence-corrected chi connectivity index (χ0v) is 7.99. The van der Waals surface area contributed by atoms with Crippen molar-refractivity contribution in [2.75, 3.05) is 0 Å². The molecular weight excluding hydrogens is 176 g/mol. The molecule has 0 unspecified atom stereocenters. The number of Topliss-reactive ketones (excluding diaryl/α,β-unsaturated/α-hetero) is 1. The van der Waals surface area contributed by atoms with Gasteiger partial charge >= 0.3 is 0 Å². The summed E-state index contributed by atoms with van der Waals surface area (Å²) in [5.74, 6) is 0.0657. The van der Waals surface area contributed by atoms with Crippen molar-refractivity contribution in [2.24, 2.45) is 0 Å². The van der Waals surface area contributed by atoms with Gasteiger partial charge in [0.15, 0.2) is 5.78 Å². The summed E-state index contributed by atoms with van der Waals surface area (Å²) in [5.41, 5.74) is 1.09. The van der Waals surface area contributed by atoms with E-state index in [2.05, 4.69) is 0 Å². The first-order chi connectivity index (χ1) is 6.20. The second-order valence-corrected chi connectivity index (χ2v) is 3.05. The Bertz CT molecular complexity index is 267. The maximum atomic E-state index is 10.8. The van der Waals surface area contributed by atoms with E-state index in [1.165, 1.54) is 6.92 Å². The predicted molar refractivity (Wildman–Crippen MR) is 58.1 cm³/mol. The van der Waals surface area contributed by atoms with Crippen molar-refractivity contribution < 1.29 is 9.53 Å². The molecule has 1 aromatic rings. The van der Waals surface area contributed by atoms with Gasteiger partial charge in [0.1, 0.15) is 6.10 Å². The molecule has 1 atom stereocenters. The number of ether oxygens (including phenoxy) is 1. The molecule has 0 amide bonds. The molecule has 0 aliphatic carbocycles. The van der Waals surface area contributed by atoms with Gasteiger partial charge in [-0.2, -0.15) is 0 Å². The minimum Gasteiger partial charge on any atom is -0.366 e. The van der Waals surface area contributed by atoms with Gasteiger partial charge in [-0.3, -0.25) is 4.79 Å². The minimum absolute atomic E-state index is 0. The normalized spacial score (nSPS) is 11.6. The van der Waals surface area contributed by atoms with E-state index in [0.29, 0.717) is 6.61 Å². The lowest BCUT2D eigenvalue weighted by molar-refractivity contribution is -0.127. The van der Waals surface area contributed by atoms with Gasteiger partial charge in [-0.15, -0.1) is 0 Å². The Morgan fingerprint density at radius 2 is 1.93 bits per heavy atom. The lowest BCUT2D eigenvalue weighted by Crippen LogP contribution is -2.17. The summed E-state index contributed by atoms with van der Waals surface area (Å²) >= 11 is 0. The van der Waals surface area contributed by atoms with Crippen LogP contribution in [-0.2, 0) is 16.1 Å². The molecule has 0 bridgehead atoms. The van der Waals surface area contributed by atoms with Crippen LogP contribution in [0.1, 0.15) is 26.8 Å². The first-order valence-corrected chi connectivity index (χ1v) is 4.36. The fourth-order valence-corrected chi connectivity index (χ4v) is 0.913. The van der Waals surface area contributed by atoms with Gasteiger partial charge in [-0.1, -0.05) is 37.8 Å². The van der Waals surface area contributed by atoms with Crippen molar-refractivity contribution in [1.29, 1.82) is 0 Å². The monoisotopic (exact) mass is 194 g/mol. The Kier molecular flexibility index (Phi) is 5.81. The topological polar surface area (TPSA) is 26.3 Å². The van der Waals surface area contributed by atoms with E-state index in [1.807, 2.05) is 30.3 Å². The van der Waals surface area contributed by atoms with Crippen LogP contribution < -0.4 is 0 Å². The zero-order chi connectivity index (χ0) is 9.68. The van der Waals surface area contributed by atoms with E-state index >= 15 is 0 Å². The highest BCUT2D eigenvalue weighted by Gasteiger charge is 2.06. The number of hydrogen-bond acceptors (Lipinski definition) is 2. The molecule has 0 saturated heterocycles. The summed E-state index contributed by atoms with van der Waals surface area (Å²) in [5, 5.41) is 0. The van der Waals surface area contributed by atoms with Crippen molar-refractivity contribution >= 4 is 5.78 Å². The highest BCUT2D eigenvalue weighted by molar-refractivity contribution is 5.79. The number of carbonyl (C=O) groups is 1. The Morgan fingerprint density at radius 3 is 2.43 bits per heavy atom. The van der Waals surface area contributed by atoms with E-state index in [1.54, 1.807) is 6.92 Å². The van der Waals surface area contributed by atoms with E-state index < -0.39 is 0 Å². The standard InChI is InChI=1S/C11H14O2.CH4/c1-9(12)10(2)13-8-11-6-4-3-5-7-11;/h3-7,10H,8H2,1-2H3;1H4/t10-;/m0./s1. The quantitative estimate of drug-likeness (QED) is 0.736. The van der Waals surface area contributed by atoms with Gasteiger partial charge in [0.2, 0.25) is 0 Å². The van der Waals surface area contributed by atoms with Crippen LogP contribution in [0.4, 0.5) is 0 Å². The van der Waals surface area contributed by atoms with E-state index in [9.17, 15) is 4.79 Å². The Labute approximate surface area is 85.9 Å². The number of hydrogen-bond donors (Lipinski definition) is 0. The molecule has 2 heteroatoms. The molecule has 78 valence electrons. The number of benzene rings is 1. The average Bonchev–Trinajstić information content (AvgIpc) is 2.15. The van der Waals surface area contributed by atoms with Gasteiger partial charge in [-0.05, 0) is 19.4 Å². The lowest BCUT2D eigenvalue weighted by Gasteiger charge is -2.08. The van der Waals surface area contributed by atoms with Crippen LogP contribution in [0.15, 0.2) is 30.3 Å². The van der Waals surface area contributed by atoms with Crippen LogP contribution in [0.5, 0.6) is 0 Å². The maximum Gasteiger partial charge on any atom is 0.158 e. The van der Waals surface area contributed by atoms with Crippen molar-refractivity contribution in [3.05, 3.63) is 35.9 Å². The smallest absolute Gasteiger partial charge is 0.158 e. The molecule has 0 aromatic heterocycles. The van der Waals surface area contributed by atoms with Gasteiger partial charge in [-0.25, -0.2) is 0 Å². The Morgan fingerprint density at radius 1 is 1.36 bits per heavy atom. The fraction of sp³-hybridized carbons (Fsp3) is 0.417. The molecular formula is C12H18O2. The molecule has 0 N–H and O–H groups in total. The highest BCUT2D eigenvalue weighted by atomic mass is 16.5. The summed E-state index contributed by atoms with van der Waals surface area (Å²) in [6.45, 7) is 3.81. The number of ketones is 1. The summed E-state index contributed by atoms with van der Waals surface area (Å²) in [7, 11) is 0. The van der Waals surface area contributed by atoms with Gasteiger partial charge in [0.25, 0.3) is 0 Å². The van der Waals surface area contributed by atoms with E-state index in [4.69, 9.17) is 4.74 Å². The average molecular weight is 194 g/mol. The van der Waals surface area contributed by atoms with Crippen molar-refractivity contribution in [3.63, 3.8) is 0 Å².